The number of nitrogens with zero attached hydrogens (tertiary/aromatic N) is 1. The van der Waals surface area contributed by atoms with Gasteiger partial charge in [0.05, 0.1) is 12.3 Å². The molecule has 3 aromatic rings. The van der Waals surface area contributed by atoms with Crippen LogP contribution in [-0.2, 0) is 4.74 Å². The van der Waals surface area contributed by atoms with E-state index in [0.29, 0.717) is 16.1 Å². The van der Waals surface area contributed by atoms with Gasteiger partial charge in [-0.3, -0.25) is 4.79 Å². The van der Waals surface area contributed by atoms with E-state index >= 15 is 0 Å². The lowest BCUT2D eigenvalue weighted by molar-refractivity contribution is 0.0533. The minimum Gasteiger partial charge on any atom is -0.462 e. The normalized spacial score (nSPS) is 10.5. The van der Waals surface area contributed by atoms with Crippen molar-refractivity contribution in [3.8, 4) is 10.4 Å². The zero-order chi connectivity index (χ0) is 21.5. The molecule has 0 fully saturated rings. The van der Waals surface area contributed by atoms with E-state index in [-0.39, 0.29) is 12.5 Å². The molecule has 0 atom stereocenters. The lowest BCUT2D eigenvalue weighted by Crippen LogP contribution is -2.22. The Morgan fingerprint density at radius 2 is 1.63 bits per heavy atom. The summed E-state index contributed by atoms with van der Waals surface area (Å²) in [5, 5.41) is 2.89. The van der Waals surface area contributed by atoms with Crippen LogP contribution in [0.3, 0.4) is 0 Å². The number of rotatable bonds is 8. The zero-order valence-corrected chi connectivity index (χ0v) is 18.3. The van der Waals surface area contributed by atoms with Crippen LogP contribution < -0.4 is 10.2 Å². The molecule has 0 radical (unpaired) electrons. The van der Waals surface area contributed by atoms with Crippen molar-refractivity contribution in [2.75, 3.05) is 29.9 Å². The molecule has 1 N–H and O–H groups in total. The summed E-state index contributed by atoms with van der Waals surface area (Å²) in [6, 6.07) is 19.1. The van der Waals surface area contributed by atoms with Crippen LogP contribution in [0.25, 0.3) is 10.4 Å². The molecule has 5 nitrogen and oxygen atoms in total. The molecule has 1 amide bonds. The van der Waals surface area contributed by atoms with Crippen molar-refractivity contribution in [1.82, 2.24) is 0 Å². The summed E-state index contributed by atoms with van der Waals surface area (Å²) in [4.78, 5) is 28.8. The summed E-state index contributed by atoms with van der Waals surface area (Å²) in [6.07, 6.45) is 0. The van der Waals surface area contributed by atoms with E-state index in [9.17, 15) is 9.59 Å². The summed E-state index contributed by atoms with van der Waals surface area (Å²) in [5.41, 5.74) is 3.06. The summed E-state index contributed by atoms with van der Waals surface area (Å²) < 4.78 is 5.19. The number of nitrogens with one attached hydrogen (secondary N) is 1. The van der Waals surface area contributed by atoms with Gasteiger partial charge in [0.2, 0.25) is 0 Å². The molecule has 0 saturated carbocycles. The second-order valence-corrected chi connectivity index (χ2v) is 7.67. The predicted molar refractivity (Wildman–Crippen MR) is 124 cm³/mol. The van der Waals surface area contributed by atoms with E-state index in [2.05, 4.69) is 24.1 Å². The van der Waals surface area contributed by atoms with Gasteiger partial charge in [0.1, 0.15) is 4.88 Å². The van der Waals surface area contributed by atoms with Gasteiger partial charge in [0.15, 0.2) is 0 Å². The molecule has 30 heavy (non-hydrogen) atoms. The highest BCUT2D eigenvalue weighted by atomic mass is 32.1. The summed E-state index contributed by atoms with van der Waals surface area (Å²) in [5.74, 6) is -0.694. The van der Waals surface area contributed by atoms with Crippen LogP contribution in [0.1, 0.15) is 40.8 Å². The molecule has 0 unspecified atom stereocenters. The highest BCUT2D eigenvalue weighted by molar-refractivity contribution is 7.18. The van der Waals surface area contributed by atoms with Gasteiger partial charge in [-0.1, -0.05) is 30.3 Å². The molecular weight excluding hydrogens is 396 g/mol. The number of carbonyl (C=O) groups is 2. The maximum absolute atomic E-state index is 12.8. The van der Waals surface area contributed by atoms with Gasteiger partial charge in [-0.15, -0.1) is 11.3 Å². The number of hydrogen-bond donors (Lipinski definition) is 1. The Morgan fingerprint density at radius 1 is 0.967 bits per heavy atom. The molecule has 0 spiro atoms. The molecule has 0 aliphatic heterocycles. The number of anilines is 2. The van der Waals surface area contributed by atoms with Crippen LogP contribution in [0, 0.1) is 0 Å². The third-order valence-corrected chi connectivity index (χ3v) is 5.92. The van der Waals surface area contributed by atoms with Gasteiger partial charge in [-0.25, -0.2) is 4.79 Å². The first-order chi connectivity index (χ1) is 14.6. The van der Waals surface area contributed by atoms with Crippen LogP contribution in [0.15, 0.2) is 60.7 Å². The Kier molecular flexibility index (Phi) is 7.25. The lowest BCUT2D eigenvalue weighted by Gasteiger charge is -2.21. The van der Waals surface area contributed by atoms with E-state index in [1.54, 1.807) is 19.1 Å². The van der Waals surface area contributed by atoms with Gasteiger partial charge in [-0.05, 0) is 56.7 Å². The minimum atomic E-state index is -0.433. The number of carbonyl (C=O) groups excluding carboxylic acids is 2. The first-order valence-electron chi connectivity index (χ1n) is 10.1. The van der Waals surface area contributed by atoms with Crippen LogP contribution >= 0.6 is 11.3 Å². The van der Waals surface area contributed by atoms with Crippen molar-refractivity contribution >= 4 is 34.6 Å². The third-order valence-electron chi connectivity index (χ3n) is 4.76. The van der Waals surface area contributed by atoms with Crippen LogP contribution in [0.5, 0.6) is 0 Å². The van der Waals surface area contributed by atoms with Crippen molar-refractivity contribution in [3.05, 3.63) is 71.1 Å². The largest absolute Gasteiger partial charge is 0.462 e. The molecule has 156 valence electrons. The topological polar surface area (TPSA) is 58.6 Å². The molecule has 0 aliphatic rings. The summed E-state index contributed by atoms with van der Waals surface area (Å²) in [7, 11) is 0. The molecule has 0 saturated heterocycles. The minimum absolute atomic E-state index is 0.260. The highest BCUT2D eigenvalue weighted by Gasteiger charge is 2.20. The van der Waals surface area contributed by atoms with Gasteiger partial charge >= 0.3 is 5.97 Å². The van der Waals surface area contributed by atoms with Crippen LogP contribution in [-0.4, -0.2) is 31.6 Å². The quantitative estimate of drug-likeness (QED) is 0.474. The molecule has 3 rings (SSSR count). The SMILES string of the molecule is CCOC(=O)c1sc(-c2ccccc2)cc1NC(=O)c1ccc(N(CC)CC)cc1. The molecule has 2 aromatic carbocycles. The molecule has 1 heterocycles. The maximum atomic E-state index is 12.8. The average Bonchev–Trinajstić information content (AvgIpc) is 3.20. The van der Waals surface area contributed by atoms with E-state index < -0.39 is 5.97 Å². The number of benzene rings is 2. The monoisotopic (exact) mass is 422 g/mol. The van der Waals surface area contributed by atoms with Gasteiger partial charge in [-0.2, -0.15) is 0 Å². The molecular formula is C24H26N2O3S. The number of hydrogen-bond acceptors (Lipinski definition) is 5. The standard InChI is InChI=1S/C24H26N2O3S/c1-4-26(5-2)19-14-12-18(13-15-19)23(27)25-20-16-21(17-10-8-7-9-11-17)30-22(20)24(28)29-6-3/h7-16H,4-6H2,1-3H3,(H,25,27). The van der Waals surface area contributed by atoms with Gasteiger partial charge in [0, 0.05) is 29.2 Å². The molecule has 0 aliphatic carbocycles. The van der Waals surface area contributed by atoms with Crippen molar-refractivity contribution in [1.29, 1.82) is 0 Å². The maximum Gasteiger partial charge on any atom is 0.350 e. The Balaban J connectivity index is 1.86. The van der Waals surface area contributed by atoms with E-state index in [1.807, 2.05) is 48.5 Å². The lowest BCUT2D eigenvalue weighted by atomic mass is 10.1. The Morgan fingerprint density at radius 3 is 2.23 bits per heavy atom. The fourth-order valence-electron chi connectivity index (χ4n) is 3.18. The fourth-order valence-corrected chi connectivity index (χ4v) is 4.20. The second-order valence-electron chi connectivity index (χ2n) is 6.61. The number of esters is 1. The average molecular weight is 423 g/mol. The predicted octanol–water partition coefficient (Wildman–Crippen LogP) is 5.69. The molecule has 0 bridgehead atoms. The van der Waals surface area contributed by atoms with Crippen molar-refractivity contribution in [3.63, 3.8) is 0 Å². The first-order valence-corrected chi connectivity index (χ1v) is 10.9. The van der Waals surface area contributed by atoms with Crippen molar-refractivity contribution in [2.24, 2.45) is 0 Å². The second kappa shape index (κ2) is 10.1. The smallest absolute Gasteiger partial charge is 0.350 e. The molecule has 1 aromatic heterocycles. The Hall–Kier alpha value is -3.12. The van der Waals surface area contributed by atoms with Crippen LogP contribution in [0.2, 0.25) is 0 Å². The number of ether oxygens (including phenoxy) is 1. The van der Waals surface area contributed by atoms with Gasteiger partial charge < -0.3 is 15.0 Å². The number of thiophene rings is 1. The van der Waals surface area contributed by atoms with Crippen LogP contribution in [0.4, 0.5) is 11.4 Å². The Bertz CT molecular complexity index is 993. The highest BCUT2D eigenvalue weighted by Crippen LogP contribution is 2.35. The zero-order valence-electron chi connectivity index (χ0n) is 17.5. The van der Waals surface area contributed by atoms with E-state index in [0.717, 1.165) is 29.2 Å². The summed E-state index contributed by atoms with van der Waals surface area (Å²) in [6.45, 7) is 8.05. The van der Waals surface area contributed by atoms with Gasteiger partial charge in [0.25, 0.3) is 5.91 Å². The fraction of sp³-hybridized carbons (Fsp3) is 0.250. The molecule has 6 heteroatoms. The van der Waals surface area contributed by atoms with Crippen molar-refractivity contribution in [2.45, 2.75) is 20.8 Å². The van der Waals surface area contributed by atoms with E-state index in [1.165, 1.54) is 11.3 Å². The summed E-state index contributed by atoms with van der Waals surface area (Å²) >= 11 is 1.31. The van der Waals surface area contributed by atoms with E-state index in [4.69, 9.17) is 4.74 Å². The Labute approximate surface area is 181 Å². The number of amides is 1. The third kappa shape index (κ3) is 4.89. The first kappa shape index (κ1) is 21.6. The van der Waals surface area contributed by atoms with Crippen molar-refractivity contribution < 1.29 is 14.3 Å².